The Hall–Kier alpha value is -2.14. The molecule has 0 aromatic carbocycles. The molecule has 0 radical (unpaired) electrons. The predicted molar refractivity (Wildman–Crippen MR) is 91.3 cm³/mol. The van der Waals surface area contributed by atoms with E-state index in [4.69, 9.17) is 9.47 Å². The Kier molecular flexibility index (Phi) is 4.60. The van der Waals surface area contributed by atoms with E-state index in [1.54, 1.807) is 6.20 Å². The molecule has 1 saturated heterocycles. The summed E-state index contributed by atoms with van der Waals surface area (Å²) in [7, 11) is 0. The largest absolute Gasteiger partial charge is 0.490 e. The normalized spacial score (nSPS) is 24.9. The maximum atomic E-state index is 5.84. The lowest BCUT2D eigenvalue weighted by Gasteiger charge is -2.27. The molecule has 4 rings (SSSR count). The smallest absolute Gasteiger partial charge is 0.213 e. The van der Waals surface area contributed by atoms with Crippen molar-refractivity contribution < 1.29 is 9.47 Å². The van der Waals surface area contributed by atoms with Gasteiger partial charge in [0.2, 0.25) is 5.88 Å². The molecular formula is C19H23N3O2. The summed E-state index contributed by atoms with van der Waals surface area (Å²) >= 11 is 0. The minimum atomic E-state index is 0.506. The van der Waals surface area contributed by atoms with Crippen LogP contribution in [0.5, 0.6) is 11.6 Å². The Morgan fingerprint density at radius 3 is 2.96 bits per heavy atom. The van der Waals surface area contributed by atoms with Crippen LogP contribution in [0.2, 0.25) is 0 Å². The zero-order valence-corrected chi connectivity index (χ0v) is 13.7. The van der Waals surface area contributed by atoms with E-state index in [1.807, 2.05) is 30.6 Å². The third-order valence-electron chi connectivity index (χ3n) is 4.84. The first kappa shape index (κ1) is 15.4. The topological polar surface area (TPSA) is 56.3 Å². The standard InChI is InChI=1S/C19H23N3O2/c1-2-6-22-19(3-1)23-8-5-14-10-18(14)15-9-17(12-20-11-15)24-13-16-4-7-21-16/h1-3,6,9,11-12,14,16,18,21H,4-5,7-8,10,13H2/t14-,16-,18-/m0/s1. The lowest BCUT2D eigenvalue weighted by molar-refractivity contribution is 0.216. The zero-order valence-electron chi connectivity index (χ0n) is 13.7. The summed E-state index contributed by atoms with van der Waals surface area (Å²) in [6, 6.07) is 8.39. The fourth-order valence-corrected chi connectivity index (χ4v) is 3.13. The fourth-order valence-electron chi connectivity index (χ4n) is 3.13. The molecule has 5 nitrogen and oxygen atoms in total. The maximum Gasteiger partial charge on any atom is 0.213 e. The summed E-state index contributed by atoms with van der Waals surface area (Å²) < 4.78 is 11.5. The minimum absolute atomic E-state index is 0.506. The highest BCUT2D eigenvalue weighted by molar-refractivity contribution is 5.30. The molecule has 0 unspecified atom stereocenters. The van der Waals surface area contributed by atoms with E-state index in [1.165, 1.54) is 18.4 Å². The van der Waals surface area contributed by atoms with Crippen molar-refractivity contribution in [1.29, 1.82) is 0 Å². The number of hydrogen-bond donors (Lipinski definition) is 1. The monoisotopic (exact) mass is 325 g/mol. The van der Waals surface area contributed by atoms with Gasteiger partial charge in [0.1, 0.15) is 12.4 Å². The Morgan fingerprint density at radius 1 is 1.21 bits per heavy atom. The van der Waals surface area contributed by atoms with Gasteiger partial charge >= 0.3 is 0 Å². The molecule has 1 aliphatic carbocycles. The number of aromatic nitrogens is 2. The molecule has 1 saturated carbocycles. The summed E-state index contributed by atoms with van der Waals surface area (Å²) in [4.78, 5) is 8.52. The van der Waals surface area contributed by atoms with Crippen LogP contribution in [0.1, 0.15) is 30.7 Å². The maximum absolute atomic E-state index is 5.84. The van der Waals surface area contributed by atoms with Crippen LogP contribution in [-0.4, -0.2) is 35.8 Å². The van der Waals surface area contributed by atoms with E-state index in [-0.39, 0.29) is 0 Å². The van der Waals surface area contributed by atoms with E-state index in [9.17, 15) is 0 Å². The Morgan fingerprint density at radius 2 is 2.17 bits per heavy atom. The number of nitrogens with zero attached hydrogens (tertiary/aromatic N) is 2. The molecule has 0 spiro atoms. The molecule has 3 heterocycles. The molecule has 1 N–H and O–H groups in total. The molecular weight excluding hydrogens is 302 g/mol. The summed E-state index contributed by atoms with van der Waals surface area (Å²) in [5, 5.41) is 3.34. The van der Waals surface area contributed by atoms with E-state index in [0.29, 0.717) is 23.8 Å². The Bertz CT molecular complexity index is 661. The van der Waals surface area contributed by atoms with Gasteiger partial charge in [-0.1, -0.05) is 6.07 Å². The van der Waals surface area contributed by atoms with Crippen molar-refractivity contribution in [3.05, 3.63) is 48.4 Å². The van der Waals surface area contributed by atoms with Gasteiger partial charge in [-0.2, -0.15) is 0 Å². The van der Waals surface area contributed by atoms with Crippen LogP contribution < -0.4 is 14.8 Å². The van der Waals surface area contributed by atoms with Gasteiger partial charge in [-0.3, -0.25) is 4.98 Å². The van der Waals surface area contributed by atoms with Crippen LogP contribution in [-0.2, 0) is 0 Å². The summed E-state index contributed by atoms with van der Waals surface area (Å²) in [5.74, 6) is 2.86. The SMILES string of the molecule is c1ccc(OCC[C@H]2C[C@@H]2c2cncc(OC[C@@H]3CCN3)c2)nc1. The van der Waals surface area contributed by atoms with Crippen molar-refractivity contribution in [2.75, 3.05) is 19.8 Å². The van der Waals surface area contributed by atoms with Crippen LogP contribution in [0.4, 0.5) is 0 Å². The average Bonchev–Trinajstić information content (AvgIpc) is 3.34. The first-order valence-electron chi connectivity index (χ1n) is 8.73. The van der Waals surface area contributed by atoms with Crippen LogP contribution >= 0.6 is 0 Å². The summed E-state index contributed by atoms with van der Waals surface area (Å²) in [5.41, 5.74) is 1.29. The van der Waals surface area contributed by atoms with Crippen molar-refractivity contribution in [1.82, 2.24) is 15.3 Å². The Balaban J connectivity index is 1.23. The molecule has 126 valence electrons. The number of hydrogen-bond acceptors (Lipinski definition) is 5. The highest BCUT2D eigenvalue weighted by atomic mass is 16.5. The van der Waals surface area contributed by atoms with E-state index in [2.05, 4.69) is 21.4 Å². The number of ether oxygens (including phenoxy) is 2. The first-order valence-corrected chi connectivity index (χ1v) is 8.73. The third-order valence-corrected chi connectivity index (χ3v) is 4.84. The number of rotatable bonds is 8. The molecule has 2 aromatic rings. The number of pyridine rings is 2. The van der Waals surface area contributed by atoms with Gasteiger partial charge < -0.3 is 14.8 Å². The predicted octanol–water partition coefficient (Wildman–Crippen LogP) is 2.79. The van der Waals surface area contributed by atoms with Crippen LogP contribution in [0, 0.1) is 5.92 Å². The fraction of sp³-hybridized carbons (Fsp3) is 0.474. The van der Waals surface area contributed by atoms with E-state index >= 15 is 0 Å². The van der Waals surface area contributed by atoms with E-state index < -0.39 is 0 Å². The van der Waals surface area contributed by atoms with E-state index in [0.717, 1.165) is 31.9 Å². The highest BCUT2D eigenvalue weighted by Gasteiger charge is 2.38. The van der Waals surface area contributed by atoms with Gasteiger partial charge in [0, 0.05) is 24.5 Å². The lowest BCUT2D eigenvalue weighted by Crippen LogP contribution is -2.46. The summed E-state index contributed by atoms with van der Waals surface area (Å²) in [6.45, 7) is 2.56. The molecule has 5 heteroatoms. The molecule has 2 aromatic heterocycles. The van der Waals surface area contributed by atoms with Gasteiger partial charge in [-0.15, -0.1) is 0 Å². The molecule has 0 amide bonds. The second-order valence-electron chi connectivity index (χ2n) is 6.61. The second-order valence-corrected chi connectivity index (χ2v) is 6.61. The van der Waals surface area contributed by atoms with Gasteiger partial charge in [0.15, 0.2) is 0 Å². The molecule has 24 heavy (non-hydrogen) atoms. The lowest BCUT2D eigenvalue weighted by atomic mass is 10.1. The molecule has 1 aliphatic heterocycles. The van der Waals surface area contributed by atoms with Crippen LogP contribution in [0.25, 0.3) is 0 Å². The van der Waals surface area contributed by atoms with Crippen LogP contribution in [0.3, 0.4) is 0 Å². The first-order chi connectivity index (χ1) is 11.9. The molecule has 3 atom stereocenters. The second kappa shape index (κ2) is 7.18. The van der Waals surface area contributed by atoms with Gasteiger partial charge in [-0.05, 0) is 55.3 Å². The summed E-state index contributed by atoms with van der Waals surface area (Å²) in [6.07, 6.45) is 9.00. The van der Waals surface area contributed by atoms with Crippen LogP contribution in [0.15, 0.2) is 42.9 Å². The Labute approximate surface area is 142 Å². The van der Waals surface area contributed by atoms with Gasteiger partial charge in [-0.25, -0.2) is 4.98 Å². The molecule has 0 bridgehead atoms. The van der Waals surface area contributed by atoms with Gasteiger partial charge in [0.05, 0.1) is 12.8 Å². The quantitative estimate of drug-likeness (QED) is 0.809. The molecule has 2 fully saturated rings. The average molecular weight is 325 g/mol. The minimum Gasteiger partial charge on any atom is -0.490 e. The van der Waals surface area contributed by atoms with Crippen molar-refractivity contribution in [3.8, 4) is 11.6 Å². The highest BCUT2D eigenvalue weighted by Crippen LogP contribution is 2.49. The zero-order chi connectivity index (χ0) is 16.2. The van der Waals surface area contributed by atoms with Gasteiger partial charge in [0.25, 0.3) is 0 Å². The van der Waals surface area contributed by atoms with Crippen molar-refractivity contribution >= 4 is 0 Å². The molecule has 2 aliphatic rings. The van der Waals surface area contributed by atoms with Crippen molar-refractivity contribution in [2.24, 2.45) is 5.92 Å². The third kappa shape index (κ3) is 3.85. The van der Waals surface area contributed by atoms with Crippen molar-refractivity contribution in [3.63, 3.8) is 0 Å². The number of nitrogens with one attached hydrogen (secondary N) is 1. The van der Waals surface area contributed by atoms with Crippen molar-refractivity contribution in [2.45, 2.75) is 31.2 Å².